The molecule has 0 unspecified atom stereocenters. The van der Waals surface area contributed by atoms with Gasteiger partial charge in [-0.15, -0.1) is 0 Å². The first-order valence-corrected chi connectivity index (χ1v) is 5.81. The third kappa shape index (κ3) is 1.95. The first-order valence-electron chi connectivity index (χ1n) is 5.02. The highest BCUT2D eigenvalue weighted by atomic mass is 79.9. The van der Waals surface area contributed by atoms with Crippen LogP contribution in [0.4, 0.5) is 0 Å². The quantitative estimate of drug-likeness (QED) is 0.810. The molecular formula is C11H11BrN2O2. The second kappa shape index (κ2) is 4.65. The Kier molecular flexibility index (Phi) is 3.24. The van der Waals surface area contributed by atoms with Crippen molar-refractivity contribution in [2.24, 2.45) is 0 Å². The molecule has 0 spiro atoms. The van der Waals surface area contributed by atoms with Crippen molar-refractivity contribution < 1.29 is 9.21 Å². The molecule has 0 bridgehead atoms. The SMILES string of the molecule is CCCn1ncc(Br)c1C(=O)c1ccoc1. The molecule has 2 aromatic rings. The minimum Gasteiger partial charge on any atom is -0.472 e. The summed E-state index contributed by atoms with van der Waals surface area (Å²) in [5, 5.41) is 4.15. The van der Waals surface area contributed by atoms with E-state index in [4.69, 9.17) is 4.42 Å². The third-order valence-electron chi connectivity index (χ3n) is 2.23. The monoisotopic (exact) mass is 282 g/mol. The van der Waals surface area contributed by atoms with Crippen LogP contribution in [0.2, 0.25) is 0 Å². The van der Waals surface area contributed by atoms with E-state index in [1.165, 1.54) is 12.5 Å². The van der Waals surface area contributed by atoms with E-state index in [9.17, 15) is 4.79 Å². The van der Waals surface area contributed by atoms with Crippen LogP contribution in [-0.4, -0.2) is 15.6 Å². The summed E-state index contributed by atoms with van der Waals surface area (Å²) in [5.41, 5.74) is 1.11. The van der Waals surface area contributed by atoms with Gasteiger partial charge in [-0.05, 0) is 28.4 Å². The van der Waals surface area contributed by atoms with Crippen molar-refractivity contribution in [3.63, 3.8) is 0 Å². The summed E-state index contributed by atoms with van der Waals surface area (Å²) in [6.07, 6.45) is 5.50. The van der Waals surface area contributed by atoms with Gasteiger partial charge >= 0.3 is 0 Å². The van der Waals surface area contributed by atoms with Crippen LogP contribution in [-0.2, 0) is 6.54 Å². The van der Waals surface area contributed by atoms with Gasteiger partial charge in [-0.1, -0.05) is 6.92 Å². The van der Waals surface area contributed by atoms with Crippen molar-refractivity contribution in [2.45, 2.75) is 19.9 Å². The highest BCUT2D eigenvalue weighted by Crippen LogP contribution is 2.20. The number of ketones is 1. The van der Waals surface area contributed by atoms with Crippen LogP contribution in [0.5, 0.6) is 0 Å². The van der Waals surface area contributed by atoms with Crippen molar-refractivity contribution in [3.8, 4) is 0 Å². The van der Waals surface area contributed by atoms with Crippen molar-refractivity contribution in [1.29, 1.82) is 0 Å². The van der Waals surface area contributed by atoms with Crippen LogP contribution < -0.4 is 0 Å². The Morgan fingerprint density at radius 2 is 2.44 bits per heavy atom. The predicted molar refractivity (Wildman–Crippen MR) is 62.4 cm³/mol. The summed E-state index contributed by atoms with van der Waals surface area (Å²) in [6.45, 7) is 2.77. The van der Waals surface area contributed by atoms with E-state index in [2.05, 4.69) is 21.0 Å². The number of nitrogens with zero attached hydrogens (tertiary/aromatic N) is 2. The Hall–Kier alpha value is -1.36. The van der Waals surface area contributed by atoms with Gasteiger partial charge in [0.05, 0.1) is 22.5 Å². The molecular weight excluding hydrogens is 272 g/mol. The van der Waals surface area contributed by atoms with Gasteiger partial charge in [0.2, 0.25) is 5.78 Å². The molecule has 0 atom stereocenters. The second-order valence-electron chi connectivity index (χ2n) is 3.41. The minimum absolute atomic E-state index is 0.0772. The van der Waals surface area contributed by atoms with Gasteiger partial charge < -0.3 is 4.42 Å². The molecule has 0 saturated carbocycles. The largest absolute Gasteiger partial charge is 0.472 e. The number of aromatic nitrogens is 2. The van der Waals surface area contributed by atoms with Crippen LogP contribution in [0.1, 0.15) is 29.4 Å². The molecule has 4 nitrogen and oxygen atoms in total. The Balaban J connectivity index is 2.39. The molecule has 0 saturated heterocycles. The van der Waals surface area contributed by atoms with Gasteiger partial charge in [0.15, 0.2) is 0 Å². The van der Waals surface area contributed by atoms with Crippen molar-refractivity contribution >= 4 is 21.7 Å². The first-order chi connectivity index (χ1) is 7.74. The third-order valence-corrected chi connectivity index (χ3v) is 2.81. The van der Waals surface area contributed by atoms with Crippen LogP contribution >= 0.6 is 15.9 Å². The smallest absolute Gasteiger partial charge is 0.215 e. The molecule has 0 aliphatic rings. The lowest BCUT2D eigenvalue weighted by Gasteiger charge is -2.04. The standard InChI is InChI=1S/C11H11BrN2O2/c1-2-4-14-10(9(12)6-13-14)11(15)8-3-5-16-7-8/h3,5-7H,2,4H2,1H3. The zero-order valence-corrected chi connectivity index (χ0v) is 10.4. The molecule has 0 fully saturated rings. The summed E-state index contributed by atoms with van der Waals surface area (Å²) >= 11 is 3.34. The summed E-state index contributed by atoms with van der Waals surface area (Å²) in [4.78, 5) is 12.1. The van der Waals surface area contributed by atoms with E-state index in [0.717, 1.165) is 13.0 Å². The number of carbonyl (C=O) groups is 1. The molecule has 2 rings (SSSR count). The number of hydrogen-bond donors (Lipinski definition) is 0. The molecule has 0 amide bonds. The highest BCUT2D eigenvalue weighted by Gasteiger charge is 2.19. The lowest BCUT2D eigenvalue weighted by atomic mass is 10.1. The van der Waals surface area contributed by atoms with Crippen LogP contribution in [0.3, 0.4) is 0 Å². The molecule has 0 N–H and O–H groups in total. The molecule has 2 heterocycles. The van der Waals surface area contributed by atoms with Crippen molar-refractivity contribution in [1.82, 2.24) is 9.78 Å². The van der Waals surface area contributed by atoms with Crippen molar-refractivity contribution in [3.05, 3.63) is 40.5 Å². The van der Waals surface area contributed by atoms with E-state index in [1.807, 2.05) is 6.92 Å². The average molecular weight is 283 g/mol. The number of carbonyl (C=O) groups excluding carboxylic acids is 1. The Bertz CT molecular complexity index is 488. The molecule has 0 aliphatic carbocycles. The lowest BCUT2D eigenvalue weighted by Crippen LogP contribution is -2.11. The number of furan rings is 1. The van der Waals surface area contributed by atoms with E-state index in [1.54, 1.807) is 16.9 Å². The fraction of sp³-hybridized carbons (Fsp3) is 0.273. The van der Waals surface area contributed by atoms with Crippen LogP contribution in [0, 0.1) is 0 Å². The first kappa shape index (κ1) is 11.1. The highest BCUT2D eigenvalue weighted by molar-refractivity contribution is 9.10. The maximum atomic E-state index is 12.1. The Labute approximate surface area is 101 Å². The van der Waals surface area contributed by atoms with E-state index in [-0.39, 0.29) is 5.78 Å². The molecule has 0 radical (unpaired) electrons. The minimum atomic E-state index is -0.0772. The van der Waals surface area contributed by atoms with Gasteiger partial charge in [0.25, 0.3) is 0 Å². The Morgan fingerprint density at radius 3 is 3.06 bits per heavy atom. The molecule has 0 aliphatic heterocycles. The van der Waals surface area contributed by atoms with Crippen molar-refractivity contribution in [2.75, 3.05) is 0 Å². The number of rotatable bonds is 4. The molecule has 16 heavy (non-hydrogen) atoms. The normalized spacial score (nSPS) is 10.6. The van der Waals surface area contributed by atoms with Gasteiger partial charge in [0, 0.05) is 6.54 Å². The van der Waals surface area contributed by atoms with Crippen LogP contribution in [0.15, 0.2) is 33.7 Å². The number of aryl methyl sites for hydroxylation is 1. The Morgan fingerprint density at radius 1 is 1.62 bits per heavy atom. The van der Waals surface area contributed by atoms with Gasteiger partial charge in [0.1, 0.15) is 12.0 Å². The van der Waals surface area contributed by atoms with Gasteiger partial charge in [-0.3, -0.25) is 9.48 Å². The lowest BCUT2D eigenvalue weighted by molar-refractivity contribution is 0.102. The maximum absolute atomic E-state index is 12.1. The second-order valence-corrected chi connectivity index (χ2v) is 4.26. The maximum Gasteiger partial charge on any atom is 0.215 e. The van der Waals surface area contributed by atoms with E-state index >= 15 is 0 Å². The van der Waals surface area contributed by atoms with Crippen LogP contribution in [0.25, 0.3) is 0 Å². The average Bonchev–Trinajstić information content (AvgIpc) is 2.88. The number of halogens is 1. The summed E-state index contributed by atoms with van der Waals surface area (Å²) in [6, 6.07) is 1.65. The zero-order chi connectivity index (χ0) is 11.5. The molecule has 5 heteroatoms. The molecule has 0 aromatic carbocycles. The summed E-state index contributed by atoms with van der Waals surface area (Å²) in [5.74, 6) is -0.0772. The molecule has 84 valence electrons. The van der Waals surface area contributed by atoms with Gasteiger partial charge in [-0.2, -0.15) is 5.10 Å². The van der Waals surface area contributed by atoms with E-state index in [0.29, 0.717) is 15.7 Å². The zero-order valence-electron chi connectivity index (χ0n) is 8.81. The summed E-state index contributed by atoms with van der Waals surface area (Å²) < 4.78 is 7.33. The molecule has 2 aromatic heterocycles. The van der Waals surface area contributed by atoms with E-state index < -0.39 is 0 Å². The fourth-order valence-corrected chi connectivity index (χ4v) is 1.98. The fourth-order valence-electron chi connectivity index (χ4n) is 1.50. The van der Waals surface area contributed by atoms with Gasteiger partial charge in [-0.25, -0.2) is 0 Å². The predicted octanol–water partition coefficient (Wildman–Crippen LogP) is 2.88. The topological polar surface area (TPSA) is 48.0 Å². The number of hydrogen-bond acceptors (Lipinski definition) is 3. The summed E-state index contributed by atoms with van der Waals surface area (Å²) in [7, 11) is 0.